The number of carbonyl (C=O) groups excluding carboxylic acids is 2. The van der Waals surface area contributed by atoms with Crippen LogP contribution in [-0.2, 0) is 31.9 Å². The maximum absolute atomic E-state index is 12.3. The van der Waals surface area contributed by atoms with Crippen LogP contribution in [0.1, 0.15) is 16.7 Å². The van der Waals surface area contributed by atoms with Crippen molar-refractivity contribution in [1.29, 1.82) is 0 Å². The third-order valence-electron chi connectivity index (χ3n) is 4.77. The number of methoxy groups -OCH3 is 2. The van der Waals surface area contributed by atoms with E-state index in [1.54, 1.807) is 0 Å². The van der Waals surface area contributed by atoms with Crippen molar-refractivity contribution in [2.24, 2.45) is 5.41 Å². The molecule has 0 amide bonds. The minimum Gasteiger partial charge on any atom is -0.468 e. The van der Waals surface area contributed by atoms with Crippen molar-refractivity contribution in [2.45, 2.75) is 19.8 Å². The van der Waals surface area contributed by atoms with E-state index >= 15 is 0 Å². The topological polar surface area (TPSA) is 52.6 Å². The Morgan fingerprint density at radius 1 is 0.917 bits per heavy atom. The van der Waals surface area contributed by atoms with Gasteiger partial charge in [0.1, 0.15) is 0 Å². The molecule has 3 rings (SSSR count). The van der Waals surface area contributed by atoms with E-state index in [1.807, 2.05) is 25.1 Å². The highest BCUT2D eigenvalue weighted by molar-refractivity contribution is 6.01. The third-order valence-corrected chi connectivity index (χ3v) is 4.77. The monoisotopic (exact) mass is 324 g/mol. The van der Waals surface area contributed by atoms with Gasteiger partial charge in [0.2, 0.25) is 0 Å². The van der Waals surface area contributed by atoms with Gasteiger partial charge in [-0.1, -0.05) is 42.5 Å². The summed E-state index contributed by atoms with van der Waals surface area (Å²) in [4.78, 5) is 24.6. The van der Waals surface area contributed by atoms with Crippen LogP contribution in [0.3, 0.4) is 0 Å². The zero-order valence-electron chi connectivity index (χ0n) is 14.1. The van der Waals surface area contributed by atoms with Gasteiger partial charge >= 0.3 is 11.9 Å². The predicted molar refractivity (Wildman–Crippen MR) is 90.5 cm³/mol. The smallest absolute Gasteiger partial charge is 0.323 e. The van der Waals surface area contributed by atoms with Crippen LogP contribution in [0.5, 0.6) is 0 Å². The van der Waals surface area contributed by atoms with Crippen molar-refractivity contribution in [3.63, 3.8) is 0 Å². The van der Waals surface area contributed by atoms with Crippen molar-refractivity contribution in [3.05, 3.63) is 59.2 Å². The zero-order chi connectivity index (χ0) is 17.3. The first-order chi connectivity index (χ1) is 11.5. The summed E-state index contributed by atoms with van der Waals surface area (Å²) in [5, 5.41) is 0. The highest BCUT2D eigenvalue weighted by Crippen LogP contribution is 2.41. The molecule has 2 aromatic rings. The number of carbonyl (C=O) groups is 2. The Morgan fingerprint density at radius 3 is 2.00 bits per heavy atom. The molecule has 1 aliphatic carbocycles. The van der Waals surface area contributed by atoms with Gasteiger partial charge in [0.05, 0.1) is 14.2 Å². The summed E-state index contributed by atoms with van der Waals surface area (Å²) >= 11 is 0. The second-order valence-electron chi connectivity index (χ2n) is 6.22. The molecule has 0 spiro atoms. The average molecular weight is 324 g/mol. The van der Waals surface area contributed by atoms with E-state index < -0.39 is 17.4 Å². The highest BCUT2D eigenvalue weighted by atomic mass is 16.5. The predicted octanol–water partition coefficient (Wildman–Crippen LogP) is 3.09. The van der Waals surface area contributed by atoms with Crippen LogP contribution >= 0.6 is 0 Å². The second-order valence-corrected chi connectivity index (χ2v) is 6.22. The van der Waals surface area contributed by atoms with E-state index in [1.165, 1.54) is 14.2 Å². The molecule has 0 aromatic heterocycles. The van der Waals surface area contributed by atoms with E-state index in [0.29, 0.717) is 12.8 Å². The maximum Gasteiger partial charge on any atom is 0.323 e. The third kappa shape index (κ3) is 2.48. The molecule has 0 bridgehead atoms. The fourth-order valence-corrected chi connectivity index (χ4v) is 3.55. The van der Waals surface area contributed by atoms with Crippen molar-refractivity contribution in [3.8, 4) is 11.1 Å². The lowest BCUT2D eigenvalue weighted by Gasteiger charge is -2.22. The fourth-order valence-electron chi connectivity index (χ4n) is 3.55. The molecule has 4 nitrogen and oxygen atoms in total. The average Bonchev–Trinajstić information content (AvgIpc) is 2.99. The van der Waals surface area contributed by atoms with Crippen LogP contribution in [0.2, 0.25) is 0 Å². The molecule has 0 N–H and O–H groups in total. The van der Waals surface area contributed by atoms with Crippen LogP contribution in [0.15, 0.2) is 42.5 Å². The van der Waals surface area contributed by atoms with Crippen LogP contribution in [0.4, 0.5) is 0 Å². The Kier molecular flexibility index (Phi) is 4.14. The summed E-state index contributed by atoms with van der Waals surface area (Å²) < 4.78 is 9.79. The molecule has 0 saturated heterocycles. The first-order valence-electron chi connectivity index (χ1n) is 7.86. The molecule has 1 aliphatic rings. The fraction of sp³-hybridized carbons (Fsp3) is 0.300. The molecule has 24 heavy (non-hydrogen) atoms. The van der Waals surface area contributed by atoms with Gasteiger partial charge in [0.15, 0.2) is 5.41 Å². The first-order valence-corrected chi connectivity index (χ1v) is 7.86. The normalized spacial score (nSPS) is 14.8. The maximum atomic E-state index is 12.3. The van der Waals surface area contributed by atoms with Crippen molar-refractivity contribution >= 4 is 11.9 Å². The van der Waals surface area contributed by atoms with E-state index in [2.05, 4.69) is 24.3 Å². The van der Waals surface area contributed by atoms with Crippen molar-refractivity contribution < 1.29 is 19.1 Å². The molecule has 4 heteroatoms. The Labute approximate surface area is 141 Å². The number of hydrogen-bond acceptors (Lipinski definition) is 4. The molecule has 0 radical (unpaired) electrons. The Bertz CT molecular complexity index is 777. The Balaban J connectivity index is 2.06. The molecule has 2 aromatic carbocycles. The second kappa shape index (κ2) is 6.11. The molecule has 0 unspecified atom stereocenters. The summed E-state index contributed by atoms with van der Waals surface area (Å²) in [6.45, 7) is 2.04. The highest BCUT2D eigenvalue weighted by Gasteiger charge is 2.52. The lowest BCUT2D eigenvalue weighted by atomic mass is 9.85. The van der Waals surface area contributed by atoms with Gasteiger partial charge in [-0.05, 0) is 47.6 Å². The summed E-state index contributed by atoms with van der Waals surface area (Å²) in [6.07, 6.45) is 0.624. The summed E-state index contributed by atoms with van der Waals surface area (Å²) in [7, 11) is 2.60. The molecule has 0 heterocycles. The lowest BCUT2D eigenvalue weighted by molar-refractivity contribution is -0.168. The molecular formula is C20H20O4. The minimum absolute atomic E-state index is 0.307. The number of hydrogen-bond donors (Lipinski definition) is 0. The number of fused-ring (bicyclic) bond motifs is 1. The van der Waals surface area contributed by atoms with Gasteiger partial charge in [0, 0.05) is 0 Å². The van der Waals surface area contributed by atoms with Crippen LogP contribution in [0, 0.1) is 12.3 Å². The largest absolute Gasteiger partial charge is 0.468 e. The number of ether oxygens (including phenoxy) is 2. The molecule has 0 atom stereocenters. The zero-order valence-corrected chi connectivity index (χ0v) is 14.1. The summed E-state index contributed by atoms with van der Waals surface area (Å²) in [5.74, 6) is -1.08. The quantitative estimate of drug-likeness (QED) is 0.643. The Morgan fingerprint density at radius 2 is 1.46 bits per heavy atom. The van der Waals surface area contributed by atoms with Crippen LogP contribution in [0.25, 0.3) is 11.1 Å². The standard InChI is InChI=1S/C20H20O4/c1-13-9-15-11-20(18(21)23-2,19(22)24-3)12-16(15)10-17(13)14-7-5-4-6-8-14/h4-10H,11-12H2,1-3H3. The molecular weight excluding hydrogens is 304 g/mol. The SMILES string of the molecule is COC(=O)C1(C(=O)OC)Cc2cc(C)c(-c3ccccc3)cc2C1. The minimum atomic E-state index is -1.27. The molecule has 0 fully saturated rings. The van der Waals surface area contributed by atoms with Gasteiger partial charge in [-0.3, -0.25) is 9.59 Å². The summed E-state index contributed by atoms with van der Waals surface area (Å²) in [6, 6.07) is 14.2. The van der Waals surface area contributed by atoms with Crippen molar-refractivity contribution in [1.82, 2.24) is 0 Å². The number of benzene rings is 2. The first kappa shape index (κ1) is 16.2. The van der Waals surface area contributed by atoms with Gasteiger partial charge in [-0.15, -0.1) is 0 Å². The van der Waals surface area contributed by atoms with E-state index in [4.69, 9.17) is 9.47 Å². The summed E-state index contributed by atoms with van der Waals surface area (Å²) in [5.41, 5.74) is 4.07. The van der Waals surface area contributed by atoms with Gasteiger partial charge < -0.3 is 9.47 Å². The number of aryl methyl sites for hydroxylation is 1. The number of esters is 2. The lowest BCUT2D eigenvalue weighted by Crippen LogP contribution is -2.42. The molecule has 0 saturated carbocycles. The molecule has 0 aliphatic heterocycles. The van der Waals surface area contributed by atoms with Gasteiger partial charge in [-0.25, -0.2) is 0 Å². The van der Waals surface area contributed by atoms with Gasteiger partial charge in [-0.2, -0.15) is 0 Å². The van der Waals surface area contributed by atoms with Crippen LogP contribution < -0.4 is 0 Å². The van der Waals surface area contributed by atoms with E-state index in [-0.39, 0.29) is 0 Å². The van der Waals surface area contributed by atoms with Crippen LogP contribution in [-0.4, -0.2) is 26.2 Å². The van der Waals surface area contributed by atoms with E-state index in [9.17, 15) is 9.59 Å². The number of rotatable bonds is 3. The Hall–Kier alpha value is -2.62. The molecule has 124 valence electrons. The van der Waals surface area contributed by atoms with Gasteiger partial charge in [0.25, 0.3) is 0 Å². The van der Waals surface area contributed by atoms with E-state index in [0.717, 1.165) is 27.8 Å². The van der Waals surface area contributed by atoms with Crippen molar-refractivity contribution in [2.75, 3.05) is 14.2 Å².